The number of alkyl halides is 2. The Morgan fingerprint density at radius 2 is 2.13 bits per heavy atom. The van der Waals surface area contributed by atoms with E-state index < -0.39 is 12.4 Å². The molecule has 0 unspecified atom stereocenters. The van der Waals surface area contributed by atoms with Crippen LogP contribution in [0.3, 0.4) is 0 Å². The van der Waals surface area contributed by atoms with E-state index in [0.29, 0.717) is 9.99 Å². The molecule has 0 atom stereocenters. The Morgan fingerprint density at radius 3 is 2.60 bits per heavy atom. The molecule has 1 aromatic rings. The highest BCUT2D eigenvalue weighted by atomic mass is 127. The smallest absolute Gasteiger partial charge is 0.303 e. The number of hydrogen-bond acceptors (Lipinski definition) is 1. The van der Waals surface area contributed by atoms with Gasteiger partial charge in [0, 0.05) is 15.6 Å². The number of halogens is 3. The molecule has 0 spiro atoms. The van der Waals surface area contributed by atoms with E-state index in [4.69, 9.17) is 5.11 Å². The van der Waals surface area contributed by atoms with Gasteiger partial charge in [0.1, 0.15) is 0 Å². The van der Waals surface area contributed by atoms with E-state index >= 15 is 0 Å². The second-order valence-corrected chi connectivity index (χ2v) is 4.21. The van der Waals surface area contributed by atoms with Crippen LogP contribution in [-0.2, 0) is 11.2 Å². The lowest BCUT2D eigenvalue weighted by molar-refractivity contribution is -0.136. The van der Waals surface area contributed by atoms with Gasteiger partial charge in [-0.15, -0.1) is 0 Å². The lowest BCUT2D eigenvalue weighted by Gasteiger charge is -2.05. The predicted octanol–water partition coefficient (Wildman–Crippen LogP) is 3.25. The summed E-state index contributed by atoms with van der Waals surface area (Å²) < 4.78 is 25.2. The van der Waals surface area contributed by atoms with Crippen molar-refractivity contribution in [1.82, 2.24) is 0 Å². The number of hydrogen-bond donors (Lipinski definition) is 1. The van der Waals surface area contributed by atoms with Crippen LogP contribution in [0.25, 0.3) is 0 Å². The summed E-state index contributed by atoms with van der Waals surface area (Å²) >= 11 is 1.83. The molecule has 0 fully saturated rings. The minimum Gasteiger partial charge on any atom is -0.481 e. The van der Waals surface area contributed by atoms with Gasteiger partial charge in [-0.3, -0.25) is 4.79 Å². The van der Waals surface area contributed by atoms with Crippen molar-refractivity contribution in [1.29, 1.82) is 0 Å². The number of benzene rings is 1. The summed E-state index contributed by atoms with van der Waals surface area (Å²) in [5, 5.41) is 8.47. The minimum atomic E-state index is -2.48. The molecule has 5 heteroatoms. The molecule has 0 aromatic heterocycles. The lowest BCUT2D eigenvalue weighted by Crippen LogP contribution is -1.98. The maximum Gasteiger partial charge on any atom is 0.303 e. The van der Waals surface area contributed by atoms with Crippen LogP contribution in [0.4, 0.5) is 8.78 Å². The maximum absolute atomic E-state index is 12.4. The van der Waals surface area contributed by atoms with Crippen LogP contribution in [0.1, 0.15) is 24.0 Å². The number of aryl methyl sites for hydroxylation is 1. The van der Waals surface area contributed by atoms with Crippen molar-refractivity contribution < 1.29 is 18.7 Å². The fourth-order valence-electron chi connectivity index (χ4n) is 1.15. The van der Waals surface area contributed by atoms with Gasteiger partial charge in [-0.1, -0.05) is 12.1 Å². The second kappa shape index (κ2) is 5.39. The minimum absolute atomic E-state index is 0.00493. The molecule has 0 heterocycles. The van der Waals surface area contributed by atoms with Gasteiger partial charge in [0.15, 0.2) is 0 Å². The Morgan fingerprint density at radius 1 is 1.47 bits per heavy atom. The van der Waals surface area contributed by atoms with E-state index in [0.717, 1.165) is 5.56 Å². The van der Waals surface area contributed by atoms with Gasteiger partial charge in [0.25, 0.3) is 6.43 Å². The van der Waals surface area contributed by atoms with Crippen LogP contribution in [0.5, 0.6) is 0 Å². The fraction of sp³-hybridized carbons (Fsp3) is 0.300. The lowest BCUT2D eigenvalue weighted by atomic mass is 10.1. The van der Waals surface area contributed by atoms with E-state index in [1.165, 1.54) is 6.07 Å². The molecule has 1 rings (SSSR count). The normalized spacial score (nSPS) is 10.7. The highest BCUT2D eigenvalue weighted by molar-refractivity contribution is 14.1. The van der Waals surface area contributed by atoms with E-state index in [9.17, 15) is 13.6 Å². The Balaban J connectivity index is 2.77. The Labute approximate surface area is 99.4 Å². The molecule has 82 valence electrons. The predicted molar refractivity (Wildman–Crippen MR) is 60.1 cm³/mol. The first kappa shape index (κ1) is 12.4. The summed E-state index contributed by atoms with van der Waals surface area (Å²) in [6.45, 7) is 0. The van der Waals surface area contributed by atoms with Crippen LogP contribution in [0, 0.1) is 3.57 Å². The molecule has 2 nitrogen and oxygen atoms in total. The number of carbonyl (C=O) groups is 1. The fourth-order valence-corrected chi connectivity index (χ4v) is 1.97. The van der Waals surface area contributed by atoms with Crippen LogP contribution >= 0.6 is 22.6 Å². The van der Waals surface area contributed by atoms with Gasteiger partial charge in [-0.05, 0) is 40.6 Å². The average molecular weight is 326 g/mol. The van der Waals surface area contributed by atoms with Gasteiger partial charge >= 0.3 is 5.97 Å². The van der Waals surface area contributed by atoms with E-state index in [-0.39, 0.29) is 12.0 Å². The Bertz CT molecular complexity index is 366. The highest BCUT2D eigenvalue weighted by Gasteiger charge is 2.11. The molecule has 0 amide bonds. The number of rotatable bonds is 4. The second-order valence-electron chi connectivity index (χ2n) is 3.05. The third kappa shape index (κ3) is 3.73. The van der Waals surface area contributed by atoms with E-state index in [1.807, 2.05) is 22.6 Å². The van der Waals surface area contributed by atoms with Gasteiger partial charge in [-0.2, -0.15) is 0 Å². The van der Waals surface area contributed by atoms with Crippen LogP contribution in [-0.4, -0.2) is 11.1 Å². The van der Waals surface area contributed by atoms with Gasteiger partial charge < -0.3 is 5.11 Å². The SMILES string of the molecule is O=C(O)CCc1ccc(C(F)F)c(I)c1. The molecule has 1 N–H and O–H groups in total. The molecule has 0 aliphatic carbocycles. The molecule has 1 aromatic carbocycles. The first-order valence-corrected chi connectivity index (χ1v) is 5.37. The van der Waals surface area contributed by atoms with Crippen molar-refractivity contribution >= 4 is 28.6 Å². The summed E-state index contributed by atoms with van der Waals surface area (Å²) in [6, 6.07) is 4.50. The third-order valence-corrected chi connectivity index (χ3v) is 2.86. The molecule has 0 saturated heterocycles. The average Bonchev–Trinajstić information content (AvgIpc) is 2.14. The van der Waals surface area contributed by atoms with Crippen molar-refractivity contribution in [3.05, 3.63) is 32.9 Å². The van der Waals surface area contributed by atoms with Crippen molar-refractivity contribution in [3.8, 4) is 0 Å². The molecule has 0 radical (unpaired) electrons. The maximum atomic E-state index is 12.4. The molecule has 0 aliphatic heterocycles. The number of aliphatic carboxylic acids is 1. The third-order valence-electron chi connectivity index (χ3n) is 1.93. The quantitative estimate of drug-likeness (QED) is 0.863. The first-order valence-electron chi connectivity index (χ1n) is 4.29. The number of carboxylic acids is 1. The van der Waals surface area contributed by atoms with Crippen LogP contribution in [0.2, 0.25) is 0 Å². The van der Waals surface area contributed by atoms with E-state index in [1.54, 1.807) is 12.1 Å². The van der Waals surface area contributed by atoms with Crippen molar-refractivity contribution in [2.45, 2.75) is 19.3 Å². The zero-order valence-electron chi connectivity index (χ0n) is 7.71. The van der Waals surface area contributed by atoms with Crippen molar-refractivity contribution in [2.24, 2.45) is 0 Å². The summed E-state index contributed by atoms with van der Waals surface area (Å²) in [4.78, 5) is 10.3. The molecule has 0 bridgehead atoms. The summed E-state index contributed by atoms with van der Waals surface area (Å²) in [6.07, 6.45) is -2.09. The van der Waals surface area contributed by atoms with Crippen LogP contribution in [0.15, 0.2) is 18.2 Å². The largest absolute Gasteiger partial charge is 0.481 e. The summed E-state index contributed by atoms with van der Waals surface area (Å²) in [7, 11) is 0. The van der Waals surface area contributed by atoms with Gasteiger partial charge in [-0.25, -0.2) is 8.78 Å². The van der Waals surface area contributed by atoms with Crippen LogP contribution < -0.4 is 0 Å². The molecule has 15 heavy (non-hydrogen) atoms. The zero-order valence-corrected chi connectivity index (χ0v) is 9.87. The summed E-state index contributed by atoms with van der Waals surface area (Å²) in [5.41, 5.74) is 0.765. The topological polar surface area (TPSA) is 37.3 Å². The van der Waals surface area contributed by atoms with Gasteiger partial charge in [0.2, 0.25) is 0 Å². The highest BCUT2D eigenvalue weighted by Crippen LogP contribution is 2.25. The van der Waals surface area contributed by atoms with Crippen molar-refractivity contribution in [2.75, 3.05) is 0 Å². The van der Waals surface area contributed by atoms with Gasteiger partial charge in [0.05, 0.1) is 0 Å². The molecule has 0 saturated carbocycles. The molecule has 0 aliphatic rings. The van der Waals surface area contributed by atoms with Crippen molar-refractivity contribution in [3.63, 3.8) is 0 Å². The first-order chi connectivity index (χ1) is 7.00. The molecular weight excluding hydrogens is 317 g/mol. The number of carboxylic acid groups (broad SMARTS) is 1. The molecular formula is C10H9F2IO2. The van der Waals surface area contributed by atoms with E-state index in [2.05, 4.69) is 0 Å². The standard InChI is InChI=1S/C10H9F2IO2/c11-10(12)7-3-1-6(5-8(7)13)2-4-9(14)15/h1,3,5,10H,2,4H2,(H,14,15). The Hall–Kier alpha value is -0.720. The zero-order chi connectivity index (χ0) is 11.4. The summed E-state index contributed by atoms with van der Waals surface area (Å²) in [5.74, 6) is -0.886. The Kier molecular flexibility index (Phi) is 4.44. The monoisotopic (exact) mass is 326 g/mol.